The predicted molar refractivity (Wildman–Crippen MR) is 82.9 cm³/mol. The fourth-order valence-electron chi connectivity index (χ4n) is 2.64. The number of hydrogen-bond donors (Lipinski definition) is 1. The molecule has 2 nitrogen and oxygen atoms in total. The first-order valence-corrected chi connectivity index (χ1v) is 7.00. The van der Waals surface area contributed by atoms with Gasteiger partial charge in [-0.1, -0.05) is 48.6 Å². The van der Waals surface area contributed by atoms with E-state index in [4.69, 9.17) is 4.74 Å². The third-order valence-electron chi connectivity index (χ3n) is 3.72. The van der Waals surface area contributed by atoms with E-state index in [9.17, 15) is 0 Å². The second-order valence-electron chi connectivity index (χ2n) is 5.02. The molecule has 1 aliphatic heterocycles. The van der Waals surface area contributed by atoms with Crippen molar-refractivity contribution in [1.82, 2.24) is 5.32 Å². The van der Waals surface area contributed by atoms with Crippen LogP contribution in [0.3, 0.4) is 0 Å². The van der Waals surface area contributed by atoms with Crippen LogP contribution < -0.4 is 10.1 Å². The van der Waals surface area contributed by atoms with Gasteiger partial charge in [0.25, 0.3) is 0 Å². The zero-order valence-corrected chi connectivity index (χ0v) is 11.7. The highest BCUT2D eigenvalue weighted by Crippen LogP contribution is 2.27. The molecule has 20 heavy (non-hydrogen) atoms. The van der Waals surface area contributed by atoms with Crippen molar-refractivity contribution in [3.63, 3.8) is 0 Å². The van der Waals surface area contributed by atoms with Gasteiger partial charge in [-0.25, -0.2) is 0 Å². The number of rotatable bonds is 3. The highest BCUT2D eigenvalue weighted by molar-refractivity contribution is 5.51. The Morgan fingerprint density at radius 1 is 1.15 bits per heavy atom. The van der Waals surface area contributed by atoms with Gasteiger partial charge in [-0.2, -0.15) is 0 Å². The third kappa shape index (κ3) is 2.75. The van der Waals surface area contributed by atoms with Gasteiger partial charge in [-0.3, -0.25) is 0 Å². The number of fused-ring (bicyclic) bond motifs is 1. The summed E-state index contributed by atoms with van der Waals surface area (Å²) in [4.78, 5) is 0. The molecule has 0 fully saturated rings. The molecule has 1 N–H and O–H groups in total. The summed E-state index contributed by atoms with van der Waals surface area (Å²) >= 11 is 0. The monoisotopic (exact) mass is 265 g/mol. The Labute approximate surface area is 120 Å². The van der Waals surface area contributed by atoms with Gasteiger partial charge in [-0.05, 0) is 35.2 Å². The maximum absolute atomic E-state index is 5.31. The topological polar surface area (TPSA) is 21.3 Å². The van der Waals surface area contributed by atoms with Crippen molar-refractivity contribution in [2.45, 2.75) is 12.5 Å². The SMILES string of the molecule is COc1ccc2c(c1)CCNC2/C=C/c1ccccc1. The van der Waals surface area contributed by atoms with E-state index in [0.29, 0.717) is 0 Å². The van der Waals surface area contributed by atoms with Crippen LogP contribution in [0.4, 0.5) is 0 Å². The van der Waals surface area contributed by atoms with E-state index in [1.165, 1.54) is 16.7 Å². The van der Waals surface area contributed by atoms with Crippen molar-refractivity contribution in [3.05, 3.63) is 71.3 Å². The van der Waals surface area contributed by atoms with Crippen LogP contribution >= 0.6 is 0 Å². The Balaban J connectivity index is 1.85. The summed E-state index contributed by atoms with van der Waals surface area (Å²) in [7, 11) is 1.72. The molecule has 0 amide bonds. The van der Waals surface area contributed by atoms with E-state index in [0.717, 1.165) is 18.7 Å². The van der Waals surface area contributed by atoms with Gasteiger partial charge in [-0.15, -0.1) is 0 Å². The van der Waals surface area contributed by atoms with Gasteiger partial charge >= 0.3 is 0 Å². The zero-order valence-electron chi connectivity index (χ0n) is 11.7. The van der Waals surface area contributed by atoms with Crippen molar-refractivity contribution in [1.29, 1.82) is 0 Å². The number of hydrogen-bond acceptors (Lipinski definition) is 2. The van der Waals surface area contributed by atoms with Crippen LogP contribution in [-0.4, -0.2) is 13.7 Å². The lowest BCUT2D eigenvalue weighted by atomic mass is 9.93. The maximum Gasteiger partial charge on any atom is 0.119 e. The first-order chi connectivity index (χ1) is 9.86. The van der Waals surface area contributed by atoms with Crippen molar-refractivity contribution in [2.75, 3.05) is 13.7 Å². The maximum atomic E-state index is 5.31. The van der Waals surface area contributed by atoms with Crippen LogP contribution in [0.2, 0.25) is 0 Å². The van der Waals surface area contributed by atoms with E-state index in [1.807, 2.05) is 12.1 Å². The van der Waals surface area contributed by atoms with Crippen molar-refractivity contribution < 1.29 is 4.74 Å². The quantitative estimate of drug-likeness (QED) is 0.915. The normalized spacial score (nSPS) is 17.9. The van der Waals surface area contributed by atoms with Crippen molar-refractivity contribution in [3.8, 4) is 5.75 Å². The lowest BCUT2D eigenvalue weighted by Gasteiger charge is -2.25. The highest BCUT2D eigenvalue weighted by atomic mass is 16.5. The second-order valence-corrected chi connectivity index (χ2v) is 5.02. The third-order valence-corrected chi connectivity index (χ3v) is 3.72. The van der Waals surface area contributed by atoms with Gasteiger partial charge < -0.3 is 10.1 Å². The standard InChI is InChI=1S/C18H19NO/c1-20-16-8-9-17-15(13-16)11-12-19-18(17)10-7-14-5-3-2-4-6-14/h2-10,13,18-19H,11-12H2,1H3/b10-7+. The van der Waals surface area contributed by atoms with Gasteiger partial charge in [0.1, 0.15) is 5.75 Å². The zero-order chi connectivity index (χ0) is 13.8. The van der Waals surface area contributed by atoms with Crippen molar-refractivity contribution >= 4 is 6.08 Å². The van der Waals surface area contributed by atoms with Crippen LogP contribution in [0.15, 0.2) is 54.6 Å². The summed E-state index contributed by atoms with van der Waals surface area (Å²) in [5.41, 5.74) is 3.96. The minimum absolute atomic E-state index is 0.282. The smallest absolute Gasteiger partial charge is 0.119 e. The summed E-state index contributed by atoms with van der Waals surface area (Å²) in [6.07, 6.45) is 5.47. The van der Waals surface area contributed by atoms with Gasteiger partial charge in [0.05, 0.1) is 13.2 Å². The second kappa shape index (κ2) is 5.93. The Morgan fingerprint density at radius 2 is 2.00 bits per heavy atom. The van der Waals surface area contributed by atoms with Crippen molar-refractivity contribution in [2.24, 2.45) is 0 Å². The highest BCUT2D eigenvalue weighted by Gasteiger charge is 2.17. The van der Waals surface area contributed by atoms with Crippen LogP contribution in [0.5, 0.6) is 5.75 Å². The first kappa shape index (κ1) is 12.9. The lowest BCUT2D eigenvalue weighted by molar-refractivity contribution is 0.413. The molecule has 1 unspecified atom stereocenters. The molecule has 0 saturated carbocycles. The lowest BCUT2D eigenvalue weighted by Crippen LogP contribution is -2.28. The van der Waals surface area contributed by atoms with E-state index >= 15 is 0 Å². The molecule has 2 aromatic carbocycles. The minimum Gasteiger partial charge on any atom is -0.497 e. The van der Waals surface area contributed by atoms with Gasteiger partial charge in [0, 0.05) is 6.54 Å². The number of benzene rings is 2. The molecule has 1 aliphatic rings. The Hall–Kier alpha value is -2.06. The fourth-order valence-corrected chi connectivity index (χ4v) is 2.64. The van der Waals surface area contributed by atoms with E-state index in [2.05, 4.69) is 53.9 Å². The Bertz CT molecular complexity index is 604. The predicted octanol–water partition coefficient (Wildman–Crippen LogP) is 3.60. The average Bonchev–Trinajstić information content (AvgIpc) is 2.53. The number of ether oxygens (including phenoxy) is 1. The Morgan fingerprint density at radius 3 is 2.80 bits per heavy atom. The largest absolute Gasteiger partial charge is 0.497 e. The summed E-state index contributed by atoms with van der Waals surface area (Å²) in [5, 5.41) is 3.56. The fraction of sp³-hybridized carbons (Fsp3) is 0.222. The van der Waals surface area contributed by atoms with E-state index < -0.39 is 0 Å². The molecular weight excluding hydrogens is 246 g/mol. The van der Waals surface area contributed by atoms with Crippen LogP contribution in [-0.2, 0) is 6.42 Å². The molecule has 3 rings (SSSR count). The molecule has 2 heteroatoms. The Kier molecular flexibility index (Phi) is 3.84. The molecule has 0 radical (unpaired) electrons. The van der Waals surface area contributed by atoms with Crippen LogP contribution in [0, 0.1) is 0 Å². The van der Waals surface area contributed by atoms with E-state index in [-0.39, 0.29) is 6.04 Å². The number of methoxy groups -OCH3 is 1. The molecule has 0 spiro atoms. The average molecular weight is 265 g/mol. The summed E-state index contributed by atoms with van der Waals surface area (Å²) < 4.78 is 5.31. The minimum atomic E-state index is 0.282. The first-order valence-electron chi connectivity index (χ1n) is 7.00. The summed E-state index contributed by atoms with van der Waals surface area (Å²) in [6, 6.07) is 17.0. The molecule has 2 aromatic rings. The molecule has 0 aromatic heterocycles. The molecular formula is C18H19NO. The molecule has 1 heterocycles. The van der Waals surface area contributed by atoms with Crippen LogP contribution in [0.25, 0.3) is 6.08 Å². The summed E-state index contributed by atoms with van der Waals surface area (Å²) in [5.74, 6) is 0.941. The van der Waals surface area contributed by atoms with Gasteiger partial charge in [0.15, 0.2) is 0 Å². The molecule has 0 saturated heterocycles. The molecule has 0 aliphatic carbocycles. The van der Waals surface area contributed by atoms with Gasteiger partial charge in [0.2, 0.25) is 0 Å². The van der Waals surface area contributed by atoms with Crippen LogP contribution in [0.1, 0.15) is 22.7 Å². The number of nitrogens with one attached hydrogen (secondary N) is 1. The molecule has 102 valence electrons. The molecule has 0 bridgehead atoms. The van der Waals surface area contributed by atoms with E-state index in [1.54, 1.807) is 7.11 Å². The summed E-state index contributed by atoms with van der Waals surface area (Å²) in [6.45, 7) is 1.00. The molecule has 1 atom stereocenters.